The number of amides is 2. The van der Waals surface area contributed by atoms with Crippen LogP contribution in [0.15, 0.2) is 47.0 Å². The molecule has 0 atom stereocenters. The van der Waals surface area contributed by atoms with E-state index in [1.165, 1.54) is 47.1 Å². The lowest BCUT2D eigenvalue weighted by molar-refractivity contribution is -0.138. The van der Waals surface area contributed by atoms with Gasteiger partial charge in [-0.1, -0.05) is 35.0 Å². The molecule has 11 heteroatoms. The Labute approximate surface area is 196 Å². The SMILES string of the molecule is Cc1onc(-c2c(F)cccc2Cl)c1C(=O)N1CCN(C(=O)c2ccccc2C(F)(F)F)CC1. The van der Waals surface area contributed by atoms with Gasteiger partial charge in [-0.05, 0) is 31.2 Å². The fourth-order valence-corrected chi connectivity index (χ4v) is 4.13. The fraction of sp³-hybridized carbons (Fsp3) is 0.261. The Bertz CT molecular complexity index is 1230. The van der Waals surface area contributed by atoms with Crippen LogP contribution in [0.25, 0.3) is 11.3 Å². The second-order valence-corrected chi connectivity index (χ2v) is 8.09. The van der Waals surface area contributed by atoms with E-state index in [4.69, 9.17) is 16.1 Å². The van der Waals surface area contributed by atoms with Crippen molar-refractivity contribution in [2.24, 2.45) is 0 Å². The van der Waals surface area contributed by atoms with Crippen LogP contribution in [0.1, 0.15) is 32.0 Å². The second kappa shape index (κ2) is 9.09. The van der Waals surface area contributed by atoms with Crippen LogP contribution in [-0.2, 0) is 6.18 Å². The van der Waals surface area contributed by atoms with Crippen molar-refractivity contribution in [3.63, 3.8) is 0 Å². The molecule has 2 amide bonds. The normalized spacial score (nSPS) is 14.4. The van der Waals surface area contributed by atoms with E-state index in [1.54, 1.807) is 0 Å². The minimum atomic E-state index is -4.67. The monoisotopic (exact) mass is 495 g/mol. The zero-order valence-corrected chi connectivity index (χ0v) is 18.6. The first kappa shape index (κ1) is 23.7. The van der Waals surface area contributed by atoms with Crippen LogP contribution in [0.4, 0.5) is 17.6 Å². The van der Waals surface area contributed by atoms with E-state index in [-0.39, 0.29) is 53.8 Å². The number of nitrogens with zero attached hydrogens (tertiary/aromatic N) is 3. The Morgan fingerprint density at radius 3 is 2.21 bits per heavy atom. The topological polar surface area (TPSA) is 66.7 Å². The van der Waals surface area contributed by atoms with Crippen LogP contribution in [-0.4, -0.2) is 52.9 Å². The summed E-state index contributed by atoms with van der Waals surface area (Å²) in [6.07, 6.45) is -4.67. The molecule has 3 aromatic rings. The maximum atomic E-state index is 14.4. The molecule has 34 heavy (non-hydrogen) atoms. The summed E-state index contributed by atoms with van der Waals surface area (Å²) in [7, 11) is 0. The number of hydrogen-bond donors (Lipinski definition) is 0. The van der Waals surface area contributed by atoms with Gasteiger partial charge in [0.2, 0.25) is 0 Å². The van der Waals surface area contributed by atoms with Gasteiger partial charge >= 0.3 is 6.18 Å². The predicted molar refractivity (Wildman–Crippen MR) is 115 cm³/mol. The number of carbonyl (C=O) groups excluding carboxylic acids is 2. The molecule has 2 heterocycles. The van der Waals surface area contributed by atoms with Gasteiger partial charge in [0.15, 0.2) is 0 Å². The summed E-state index contributed by atoms with van der Waals surface area (Å²) >= 11 is 6.12. The van der Waals surface area contributed by atoms with Gasteiger partial charge in [-0.3, -0.25) is 9.59 Å². The minimum absolute atomic E-state index is 0.0247. The van der Waals surface area contributed by atoms with E-state index >= 15 is 0 Å². The molecule has 1 aromatic heterocycles. The molecule has 178 valence electrons. The molecular weight excluding hydrogens is 478 g/mol. The quantitative estimate of drug-likeness (QED) is 0.476. The van der Waals surface area contributed by atoms with E-state index in [2.05, 4.69) is 5.16 Å². The Hall–Kier alpha value is -3.40. The lowest BCUT2D eigenvalue weighted by Gasteiger charge is -2.35. The number of aryl methyl sites for hydroxylation is 1. The van der Waals surface area contributed by atoms with Gasteiger partial charge in [-0.25, -0.2) is 4.39 Å². The van der Waals surface area contributed by atoms with Crippen molar-refractivity contribution in [1.29, 1.82) is 0 Å². The zero-order chi connectivity index (χ0) is 24.6. The van der Waals surface area contributed by atoms with E-state index < -0.39 is 34.9 Å². The minimum Gasteiger partial charge on any atom is -0.360 e. The van der Waals surface area contributed by atoms with Gasteiger partial charge in [0.1, 0.15) is 22.8 Å². The molecule has 0 unspecified atom stereocenters. The number of hydrogen-bond acceptors (Lipinski definition) is 4. The number of alkyl halides is 3. The molecule has 0 bridgehead atoms. The number of carbonyl (C=O) groups is 2. The lowest BCUT2D eigenvalue weighted by atomic mass is 10.0. The third-order valence-corrected chi connectivity index (χ3v) is 5.91. The highest BCUT2D eigenvalue weighted by Crippen LogP contribution is 2.35. The van der Waals surface area contributed by atoms with Crippen molar-refractivity contribution in [2.45, 2.75) is 13.1 Å². The Morgan fingerprint density at radius 1 is 0.971 bits per heavy atom. The van der Waals surface area contributed by atoms with E-state index in [9.17, 15) is 27.2 Å². The third kappa shape index (κ3) is 4.37. The molecule has 0 N–H and O–H groups in total. The van der Waals surface area contributed by atoms with Crippen LogP contribution >= 0.6 is 11.6 Å². The highest BCUT2D eigenvalue weighted by molar-refractivity contribution is 6.33. The Morgan fingerprint density at radius 2 is 1.59 bits per heavy atom. The molecule has 1 saturated heterocycles. The summed E-state index contributed by atoms with van der Waals surface area (Å²) in [6.45, 7) is 1.68. The van der Waals surface area contributed by atoms with E-state index in [0.717, 1.165) is 12.1 Å². The van der Waals surface area contributed by atoms with Crippen LogP contribution in [0.3, 0.4) is 0 Å². The first-order valence-electron chi connectivity index (χ1n) is 10.2. The smallest absolute Gasteiger partial charge is 0.360 e. The maximum Gasteiger partial charge on any atom is 0.417 e. The standard InChI is InChI=1S/C23H18ClF4N3O3/c1-13-18(20(29-34-13)19-16(24)7-4-8-17(19)25)22(33)31-11-9-30(10-12-31)21(32)14-5-2-3-6-15(14)23(26,27)28/h2-8H,9-12H2,1H3. The first-order valence-corrected chi connectivity index (χ1v) is 10.6. The molecule has 0 saturated carbocycles. The van der Waals surface area contributed by atoms with Crippen molar-refractivity contribution in [3.8, 4) is 11.3 Å². The Kier molecular flexibility index (Phi) is 6.35. The molecule has 0 radical (unpaired) electrons. The number of halogens is 5. The van der Waals surface area contributed by atoms with Gasteiger partial charge in [-0.2, -0.15) is 13.2 Å². The van der Waals surface area contributed by atoms with Crippen molar-refractivity contribution >= 4 is 23.4 Å². The molecule has 1 aliphatic heterocycles. The summed E-state index contributed by atoms with van der Waals surface area (Å²) in [5.74, 6) is -1.78. The first-order chi connectivity index (χ1) is 16.1. The van der Waals surface area contributed by atoms with Gasteiger partial charge in [0.25, 0.3) is 11.8 Å². The van der Waals surface area contributed by atoms with Gasteiger partial charge in [0.05, 0.1) is 21.7 Å². The maximum absolute atomic E-state index is 14.4. The average Bonchev–Trinajstić information content (AvgIpc) is 3.18. The molecule has 0 aliphatic carbocycles. The molecule has 1 aliphatic rings. The van der Waals surface area contributed by atoms with Crippen LogP contribution in [0, 0.1) is 12.7 Å². The summed E-state index contributed by atoms with van der Waals surface area (Å²) in [4.78, 5) is 28.7. The molecule has 4 rings (SSSR count). The van der Waals surface area contributed by atoms with E-state index in [1.807, 2.05) is 0 Å². The predicted octanol–water partition coefficient (Wildman–Crippen LogP) is 5.06. The summed E-state index contributed by atoms with van der Waals surface area (Å²) in [6, 6.07) is 8.64. The highest BCUT2D eigenvalue weighted by Gasteiger charge is 2.37. The molecule has 0 spiro atoms. The van der Waals surface area contributed by atoms with Crippen LogP contribution in [0.5, 0.6) is 0 Å². The lowest BCUT2D eigenvalue weighted by Crippen LogP contribution is -2.51. The number of aromatic nitrogens is 1. The largest absolute Gasteiger partial charge is 0.417 e. The molecule has 1 fully saturated rings. The Balaban J connectivity index is 1.53. The average molecular weight is 496 g/mol. The van der Waals surface area contributed by atoms with Crippen molar-refractivity contribution < 1.29 is 31.7 Å². The fourth-order valence-electron chi connectivity index (χ4n) is 3.88. The van der Waals surface area contributed by atoms with E-state index in [0.29, 0.717) is 0 Å². The van der Waals surface area contributed by atoms with Crippen molar-refractivity contribution in [2.75, 3.05) is 26.2 Å². The van der Waals surface area contributed by atoms with Gasteiger partial charge in [-0.15, -0.1) is 0 Å². The number of piperazine rings is 1. The molecule has 6 nitrogen and oxygen atoms in total. The third-order valence-electron chi connectivity index (χ3n) is 5.59. The summed E-state index contributed by atoms with van der Waals surface area (Å²) in [5.41, 5.74) is -1.52. The van der Waals surface area contributed by atoms with Crippen molar-refractivity contribution in [3.05, 3.63) is 75.8 Å². The second-order valence-electron chi connectivity index (χ2n) is 7.69. The van der Waals surface area contributed by atoms with Gasteiger partial charge in [0, 0.05) is 26.2 Å². The van der Waals surface area contributed by atoms with Crippen molar-refractivity contribution in [1.82, 2.24) is 15.0 Å². The highest BCUT2D eigenvalue weighted by atomic mass is 35.5. The zero-order valence-electron chi connectivity index (χ0n) is 17.8. The summed E-state index contributed by atoms with van der Waals surface area (Å²) < 4.78 is 59.5. The van der Waals surface area contributed by atoms with Gasteiger partial charge < -0.3 is 14.3 Å². The molecular formula is C23H18ClF4N3O3. The molecule has 2 aromatic carbocycles. The number of benzene rings is 2. The van der Waals surface area contributed by atoms with Crippen LogP contribution in [0.2, 0.25) is 5.02 Å². The summed E-state index contributed by atoms with van der Waals surface area (Å²) in [5, 5.41) is 3.88. The number of rotatable bonds is 3. The van der Waals surface area contributed by atoms with Crippen LogP contribution < -0.4 is 0 Å².